The van der Waals surface area contributed by atoms with Crippen LogP contribution >= 0.6 is 0 Å². The molecule has 7 nitrogen and oxygen atoms in total. The van der Waals surface area contributed by atoms with Crippen molar-refractivity contribution in [2.24, 2.45) is 0 Å². The van der Waals surface area contributed by atoms with Crippen LogP contribution in [0.1, 0.15) is 39.4 Å². The zero-order chi connectivity index (χ0) is 17.0. The van der Waals surface area contributed by atoms with Crippen molar-refractivity contribution in [3.05, 3.63) is 40.8 Å². The molecular formula is C16H21N3O4. The molecule has 0 amide bonds. The Morgan fingerprint density at radius 2 is 1.61 bits per heavy atom. The molecule has 0 spiro atoms. The van der Waals surface area contributed by atoms with Crippen molar-refractivity contribution in [1.82, 2.24) is 15.3 Å². The SMILES string of the molecule is CCOC(=O)C1=C(C)NC(C)=C(C(=O)OCC)C1c1ncc[nH]1. The zero-order valence-electron chi connectivity index (χ0n) is 13.7. The number of ether oxygens (including phenoxy) is 2. The maximum absolute atomic E-state index is 12.4. The number of hydrogen-bond acceptors (Lipinski definition) is 6. The van der Waals surface area contributed by atoms with Gasteiger partial charge in [-0.2, -0.15) is 0 Å². The van der Waals surface area contributed by atoms with Gasteiger partial charge < -0.3 is 19.8 Å². The van der Waals surface area contributed by atoms with Gasteiger partial charge in [-0.15, -0.1) is 0 Å². The molecule has 23 heavy (non-hydrogen) atoms. The average Bonchev–Trinajstić information content (AvgIpc) is 3.00. The fourth-order valence-electron chi connectivity index (χ4n) is 2.66. The van der Waals surface area contributed by atoms with Crippen molar-refractivity contribution in [3.8, 4) is 0 Å². The number of hydrogen-bond donors (Lipinski definition) is 2. The number of rotatable bonds is 5. The standard InChI is InChI=1S/C16H21N3O4/c1-5-22-15(20)11-9(3)19-10(4)12(16(21)23-6-2)13(11)14-17-7-8-18-14/h7-8,13,19H,5-6H2,1-4H3,(H,17,18). The highest BCUT2D eigenvalue weighted by Gasteiger charge is 2.39. The molecule has 124 valence electrons. The van der Waals surface area contributed by atoms with E-state index in [2.05, 4.69) is 15.3 Å². The Balaban J connectivity index is 2.55. The van der Waals surface area contributed by atoms with Gasteiger partial charge in [0, 0.05) is 23.8 Å². The summed E-state index contributed by atoms with van der Waals surface area (Å²) in [7, 11) is 0. The first-order chi connectivity index (χ1) is 11.0. The largest absolute Gasteiger partial charge is 0.463 e. The maximum atomic E-state index is 12.4. The first-order valence-corrected chi connectivity index (χ1v) is 7.53. The topological polar surface area (TPSA) is 93.3 Å². The van der Waals surface area contributed by atoms with Crippen LogP contribution in [-0.2, 0) is 19.1 Å². The van der Waals surface area contributed by atoms with Crippen LogP contribution in [0.4, 0.5) is 0 Å². The Morgan fingerprint density at radius 1 is 1.09 bits per heavy atom. The molecule has 7 heteroatoms. The third kappa shape index (κ3) is 3.28. The lowest BCUT2D eigenvalue weighted by molar-refractivity contribution is -0.139. The third-order valence-electron chi connectivity index (χ3n) is 3.54. The van der Waals surface area contributed by atoms with Crippen molar-refractivity contribution in [1.29, 1.82) is 0 Å². The second kappa shape index (κ2) is 7.13. The first-order valence-electron chi connectivity index (χ1n) is 7.53. The van der Waals surface area contributed by atoms with Crippen LogP contribution in [0.25, 0.3) is 0 Å². The number of nitrogens with one attached hydrogen (secondary N) is 2. The van der Waals surface area contributed by atoms with Gasteiger partial charge in [0.05, 0.1) is 30.3 Å². The van der Waals surface area contributed by atoms with E-state index in [9.17, 15) is 9.59 Å². The quantitative estimate of drug-likeness (QED) is 0.804. The van der Waals surface area contributed by atoms with Gasteiger partial charge in [-0.25, -0.2) is 14.6 Å². The minimum Gasteiger partial charge on any atom is -0.463 e. The molecule has 0 radical (unpaired) electrons. The summed E-state index contributed by atoms with van der Waals surface area (Å²) in [6.07, 6.45) is 3.22. The highest BCUT2D eigenvalue weighted by molar-refractivity contribution is 5.99. The molecule has 2 heterocycles. The fraction of sp³-hybridized carbons (Fsp3) is 0.438. The smallest absolute Gasteiger partial charge is 0.336 e. The van der Waals surface area contributed by atoms with Crippen molar-refractivity contribution in [3.63, 3.8) is 0 Å². The van der Waals surface area contributed by atoms with E-state index in [4.69, 9.17) is 9.47 Å². The number of imidazole rings is 1. The van der Waals surface area contributed by atoms with Crippen LogP contribution in [0.2, 0.25) is 0 Å². The summed E-state index contributed by atoms with van der Waals surface area (Å²) in [5.74, 6) is -1.11. The van der Waals surface area contributed by atoms with Crippen LogP contribution in [0.5, 0.6) is 0 Å². The molecule has 1 aromatic heterocycles. The number of dihydropyridines is 1. The maximum Gasteiger partial charge on any atom is 0.336 e. The monoisotopic (exact) mass is 319 g/mol. The van der Waals surface area contributed by atoms with E-state index in [0.29, 0.717) is 28.4 Å². The molecule has 0 unspecified atom stereocenters. The predicted octanol–water partition coefficient (Wildman–Crippen LogP) is 1.77. The minimum atomic E-state index is -0.649. The predicted molar refractivity (Wildman–Crippen MR) is 83.1 cm³/mol. The van der Waals surface area contributed by atoms with E-state index in [-0.39, 0.29) is 13.2 Å². The highest BCUT2D eigenvalue weighted by Crippen LogP contribution is 2.37. The second-order valence-electron chi connectivity index (χ2n) is 5.05. The molecule has 0 bridgehead atoms. The lowest BCUT2D eigenvalue weighted by atomic mass is 9.85. The summed E-state index contributed by atoms with van der Waals surface area (Å²) < 4.78 is 10.3. The van der Waals surface area contributed by atoms with Crippen LogP contribution in [0.15, 0.2) is 34.9 Å². The van der Waals surface area contributed by atoms with Crippen molar-refractivity contribution in [2.45, 2.75) is 33.6 Å². The molecule has 1 aliphatic heterocycles. The van der Waals surface area contributed by atoms with E-state index in [1.807, 2.05) is 0 Å². The van der Waals surface area contributed by atoms with Crippen LogP contribution < -0.4 is 5.32 Å². The summed E-state index contributed by atoms with van der Waals surface area (Å²) in [6.45, 7) is 7.51. The fourth-order valence-corrected chi connectivity index (χ4v) is 2.66. The van der Waals surface area contributed by atoms with Gasteiger partial charge in [-0.05, 0) is 27.7 Å². The summed E-state index contributed by atoms with van der Waals surface area (Å²) >= 11 is 0. The molecule has 0 aliphatic carbocycles. The second-order valence-corrected chi connectivity index (χ2v) is 5.05. The summed E-state index contributed by atoms with van der Waals surface area (Å²) in [4.78, 5) is 32.0. The summed E-state index contributed by atoms with van der Waals surface area (Å²) in [5, 5.41) is 3.07. The van der Waals surface area contributed by atoms with Crippen LogP contribution in [0, 0.1) is 0 Å². The Labute approximate surface area is 134 Å². The molecule has 0 atom stereocenters. The van der Waals surface area contributed by atoms with Crippen LogP contribution in [0.3, 0.4) is 0 Å². The van der Waals surface area contributed by atoms with Gasteiger partial charge in [-0.3, -0.25) is 0 Å². The summed E-state index contributed by atoms with van der Waals surface area (Å²) in [5.41, 5.74) is 1.98. The molecule has 0 saturated carbocycles. The Kier molecular flexibility index (Phi) is 5.20. The zero-order valence-corrected chi connectivity index (χ0v) is 13.7. The molecule has 2 rings (SSSR count). The molecule has 0 fully saturated rings. The number of nitrogens with zero attached hydrogens (tertiary/aromatic N) is 1. The molecular weight excluding hydrogens is 298 g/mol. The normalized spacial score (nSPS) is 15.5. The molecule has 0 saturated heterocycles. The van der Waals surface area contributed by atoms with Crippen molar-refractivity contribution < 1.29 is 19.1 Å². The van der Waals surface area contributed by atoms with Gasteiger partial charge in [0.25, 0.3) is 0 Å². The molecule has 2 N–H and O–H groups in total. The lowest BCUT2D eigenvalue weighted by Crippen LogP contribution is -2.33. The van der Waals surface area contributed by atoms with Gasteiger partial charge >= 0.3 is 11.9 Å². The van der Waals surface area contributed by atoms with Gasteiger partial charge in [0.2, 0.25) is 0 Å². The van der Waals surface area contributed by atoms with E-state index < -0.39 is 17.9 Å². The van der Waals surface area contributed by atoms with E-state index in [0.717, 1.165) is 0 Å². The van der Waals surface area contributed by atoms with Gasteiger partial charge in [-0.1, -0.05) is 0 Å². The molecule has 1 aliphatic rings. The first kappa shape index (κ1) is 16.8. The lowest BCUT2D eigenvalue weighted by Gasteiger charge is -2.28. The van der Waals surface area contributed by atoms with E-state index in [1.165, 1.54) is 0 Å². The van der Waals surface area contributed by atoms with Gasteiger partial charge in [0.1, 0.15) is 5.82 Å². The number of carbonyl (C=O) groups is 2. The number of allylic oxidation sites excluding steroid dienone is 2. The van der Waals surface area contributed by atoms with E-state index in [1.54, 1.807) is 40.1 Å². The molecule has 0 aromatic carbocycles. The number of H-pyrrole nitrogens is 1. The summed E-state index contributed by atoms with van der Waals surface area (Å²) in [6, 6.07) is 0. The van der Waals surface area contributed by atoms with E-state index >= 15 is 0 Å². The van der Waals surface area contributed by atoms with Crippen LogP contribution in [-0.4, -0.2) is 35.1 Å². The molecule has 1 aromatic rings. The Hall–Kier alpha value is -2.57. The number of aromatic nitrogens is 2. The van der Waals surface area contributed by atoms with Crippen molar-refractivity contribution in [2.75, 3.05) is 13.2 Å². The third-order valence-corrected chi connectivity index (χ3v) is 3.54. The number of aromatic amines is 1. The average molecular weight is 319 g/mol. The Bertz CT molecular complexity index is 619. The Morgan fingerprint density at radius 3 is 2.00 bits per heavy atom. The van der Waals surface area contributed by atoms with Crippen molar-refractivity contribution >= 4 is 11.9 Å². The number of carbonyl (C=O) groups excluding carboxylic acids is 2. The number of esters is 2. The highest BCUT2D eigenvalue weighted by atomic mass is 16.5. The minimum absolute atomic E-state index is 0.248. The van der Waals surface area contributed by atoms with Gasteiger partial charge in [0.15, 0.2) is 0 Å².